The van der Waals surface area contributed by atoms with Gasteiger partial charge in [0.25, 0.3) is 0 Å². The molecule has 1 atom stereocenters. The Morgan fingerprint density at radius 2 is 1.56 bits per heavy atom. The van der Waals surface area contributed by atoms with Crippen molar-refractivity contribution in [2.45, 2.75) is 52.7 Å². The molecule has 4 heteroatoms. The van der Waals surface area contributed by atoms with Crippen molar-refractivity contribution in [1.82, 2.24) is 0 Å². The second-order valence-electron chi connectivity index (χ2n) is 8.66. The summed E-state index contributed by atoms with van der Waals surface area (Å²) in [5, 5.41) is 0. The van der Waals surface area contributed by atoms with Gasteiger partial charge in [0.15, 0.2) is 6.04 Å². The van der Waals surface area contributed by atoms with E-state index in [1.165, 1.54) is 6.08 Å². The fourth-order valence-electron chi connectivity index (χ4n) is 2.97. The number of terminal acetylenes is 1. The summed E-state index contributed by atoms with van der Waals surface area (Å²) in [5.41, 5.74) is 2.41. The van der Waals surface area contributed by atoms with Crippen molar-refractivity contribution in [3.8, 4) is 12.3 Å². The van der Waals surface area contributed by atoms with Crippen LogP contribution in [-0.2, 0) is 9.53 Å². The number of allylic oxidation sites excluding steroid dienone is 3. The van der Waals surface area contributed by atoms with Gasteiger partial charge in [-0.25, -0.2) is 9.18 Å². The molecule has 0 N–H and O–H groups in total. The van der Waals surface area contributed by atoms with Gasteiger partial charge in [0.1, 0.15) is 11.4 Å². The lowest BCUT2D eigenvalue weighted by molar-refractivity contribution is -0.156. The summed E-state index contributed by atoms with van der Waals surface area (Å²) in [6.07, 6.45) is 6.88. The summed E-state index contributed by atoms with van der Waals surface area (Å²) < 4.78 is 20.3. The molecule has 0 aliphatic heterocycles. The second-order valence-corrected chi connectivity index (χ2v) is 8.66. The summed E-state index contributed by atoms with van der Waals surface area (Å²) in [4.78, 5) is 17.9. The maximum atomic E-state index is 14.7. The van der Waals surface area contributed by atoms with Gasteiger partial charge in [0.2, 0.25) is 0 Å². The van der Waals surface area contributed by atoms with Crippen LogP contribution in [0.25, 0.3) is 0 Å². The lowest BCUT2D eigenvalue weighted by atomic mass is 10.00. The van der Waals surface area contributed by atoms with Gasteiger partial charge in [-0.05, 0) is 40.7 Å². The number of aliphatic imine (C=N–C) groups is 1. The van der Waals surface area contributed by atoms with Crippen molar-refractivity contribution in [3.05, 3.63) is 94.8 Å². The molecular formula is C28H30FNO2. The zero-order valence-corrected chi connectivity index (χ0v) is 19.4. The molecule has 0 radical (unpaired) electrons. The number of halogens is 1. The van der Waals surface area contributed by atoms with Crippen LogP contribution in [-0.4, -0.2) is 23.3 Å². The van der Waals surface area contributed by atoms with E-state index < -0.39 is 23.4 Å². The summed E-state index contributed by atoms with van der Waals surface area (Å²) in [5.74, 6) is 1.29. The molecule has 0 heterocycles. The van der Waals surface area contributed by atoms with Gasteiger partial charge in [0.05, 0.1) is 5.71 Å². The van der Waals surface area contributed by atoms with Gasteiger partial charge >= 0.3 is 5.97 Å². The van der Waals surface area contributed by atoms with Crippen molar-refractivity contribution in [1.29, 1.82) is 0 Å². The number of hydrogen-bond donors (Lipinski definition) is 0. The Hall–Kier alpha value is -3.45. The summed E-state index contributed by atoms with van der Waals surface area (Å²) >= 11 is 0. The summed E-state index contributed by atoms with van der Waals surface area (Å²) in [6, 6.07) is 18.1. The predicted octanol–water partition coefficient (Wildman–Crippen LogP) is 6.45. The van der Waals surface area contributed by atoms with Crippen LogP contribution < -0.4 is 0 Å². The van der Waals surface area contributed by atoms with E-state index in [0.29, 0.717) is 5.71 Å². The van der Waals surface area contributed by atoms with E-state index >= 15 is 0 Å². The number of carbonyl (C=O) groups is 1. The van der Waals surface area contributed by atoms with Crippen LogP contribution in [0, 0.1) is 12.3 Å². The molecule has 3 nitrogen and oxygen atoms in total. The van der Waals surface area contributed by atoms with Gasteiger partial charge in [-0.2, -0.15) is 0 Å². The molecule has 0 aliphatic carbocycles. The van der Waals surface area contributed by atoms with E-state index in [2.05, 4.69) is 5.92 Å². The molecular weight excluding hydrogens is 401 g/mol. The number of ether oxygens (including phenoxy) is 1. The number of hydrogen-bond acceptors (Lipinski definition) is 3. The number of rotatable bonds is 7. The molecule has 32 heavy (non-hydrogen) atoms. The molecule has 0 aromatic heterocycles. The number of carbonyl (C=O) groups excluding carboxylic acids is 1. The van der Waals surface area contributed by atoms with Crippen molar-refractivity contribution >= 4 is 11.7 Å². The monoisotopic (exact) mass is 431 g/mol. The lowest BCUT2D eigenvalue weighted by Crippen LogP contribution is -2.32. The molecule has 166 valence electrons. The van der Waals surface area contributed by atoms with Gasteiger partial charge in [-0.3, -0.25) is 4.99 Å². The van der Waals surface area contributed by atoms with E-state index in [4.69, 9.17) is 16.2 Å². The van der Waals surface area contributed by atoms with Crippen molar-refractivity contribution in [2.24, 2.45) is 4.99 Å². The molecule has 2 rings (SSSR count). The maximum Gasteiger partial charge on any atom is 0.331 e. The van der Waals surface area contributed by atoms with Crippen LogP contribution in [0.2, 0.25) is 0 Å². The zero-order chi connectivity index (χ0) is 23.7. The van der Waals surface area contributed by atoms with Crippen LogP contribution >= 0.6 is 0 Å². The fraction of sp³-hybridized carbons (Fsp3) is 0.286. The van der Waals surface area contributed by atoms with Crippen LogP contribution in [0.3, 0.4) is 0 Å². The van der Waals surface area contributed by atoms with Gasteiger partial charge in [0, 0.05) is 23.1 Å². The highest BCUT2D eigenvalue weighted by molar-refractivity contribution is 6.13. The Bertz CT molecular complexity index is 1010. The molecule has 0 spiro atoms. The Kier molecular flexibility index (Phi) is 8.72. The van der Waals surface area contributed by atoms with Crippen LogP contribution in [0.4, 0.5) is 4.39 Å². The summed E-state index contributed by atoms with van der Waals surface area (Å²) in [7, 11) is 0. The molecule has 0 saturated carbocycles. The minimum absolute atomic E-state index is 0.0753. The normalized spacial score (nSPS) is 12.7. The van der Waals surface area contributed by atoms with Crippen molar-refractivity contribution in [2.75, 3.05) is 0 Å². The van der Waals surface area contributed by atoms with E-state index in [-0.39, 0.29) is 12.0 Å². The quantitative estimate of drug-likeness (QED) is 0.219. The SMILES string of the molecule is C#C/C(C[C@H](N=C(c1ccccc1)c1ccccc1)C(=O)OC(C)(C)C)=C(/F)C=C(C)C. The first kappa shape index (κ1) is 24.8. The van der Waals surface area contributed by atoms with E-state index in [1.807, 2.05) is 60.7 Å². The van der Waals surface area contributed by atoms with E-state index in [0.717, 1.165) is 16.7 Å². The van der Waals surface area contributed by atoms with Crippen molar-refractivity contribution < 1.29 is 13.9 Å². The average molecular weight is 432 g/mol. The largest absolute Gasteiger partial charge is 0.458 e. The van der Waals surface area contributed by atoms with Gasteiger partial charge < -0.3 is 4.74 Å². The molecule has 0 aliphatic rings. The number of nitrogens with zero attached hydrogens (tertiary/aromatic N) is 1. The average Bonchev–Trinajstić information content (AvgIpc) is 2.73. The Morgan fingerprint density at radius 3 is 1.97 bits per heavy atom. The Labute approximate surface area is 190 Å². The molecule has 0 unspecified atom stereocenters. The highest BCUT2D eigenvalue weighted by Gasteiger charge is 2.27. The standard InChI is InChI=1S/C28H30FNO2/c1-7-21(24(29)18-20(2)3)19-25(27(31)32-28(4,5)6)30-26(22-14-10-8-11-15-22)23-16-12-9-13-17-23/h1,8-18,25H,19H2,2-6H3/b24-21-/t25-/m0/s1. The Morgan fingerprint density at radius 1 is 1.06 bits per heavy atom. The summed E-state index contributed by atoms with van der Waals surface area (Å²) in [6.45, 7) is 8.90. The third-order valence-electron chi connectivity index (χ3n) is 4.33. The number of esters is 1. The molecule has 2 aromatic rings. The van der Waals surface area contributed by atoms with Crippen LogP contribution in [0.1, 0.15) is 52.2 Å². The predicted molar refractivity (Wildman–Crippen MR) is 129 cm³/mol. The van der Waals surface area contributed by atoms with Gasteiger partial charge in [-0.1, -0.05) is 72.2 Å². The molecule has 0 bridgehead atoms. The smallest absolute Gasteiger partial charge is 0.331 e. The number of benzene rings is 2. The lowest BCUT2D eigenvalue weighted by Gasteiger charge is -2.23. The minimum Gasteiger partial charge on any atom is -0.458 e. The van der Waals surface area contributed by atoms with Crippen molar-refractivity contribution in [3.63, 3.8) is 0 Å². The minimum atomic E-state index is -1.01. The van der Waals surface area contributed by atoms with E-state index in [9.17, 15) is 9.18 Å². The first-order valence-corrected chi connectivity index (χ1v) is 10.5. The van der Waals surface area contributed by atoms with Crippen LogP contribution in [0.5, 0.6) is 0 Å². The fourth-order valence-corrected chi connectivity index (χ4v) is 2.97. The molecule has 0 amide bonds. The highest BCUT2D eigenvalue weighted by atomic mass is 19.1. The van der Waals surface area contributed by atoms with Crippen LogP contribution in [0.15, 0.2) is 88.7 Å². The molecule has 0 saturated heterocycles. The zero-order valence-electron chi connectivity index (χ0n) is 19.4. The van der Waals surface area contributed by atoms with E-state index in [1.54, 1.807) is 34.6 Å². The first-order valence-electron chi connectivity index (χ1n) is 10.5. The Balaban J connectivity index is 2.63. The van der Waals surface area contributed by atoms with Gasteiger partial charge in [-0.15, -0.1) is 6.42 Å². The molecule has 2 aromatic carbocycles. The maximum absolute atomic E-state index is 14.7. The third-order valence-corrected chi connectivity index (χ3v) is 4.33. The highest BCUT2D eigenvalue weighted by Crippen LogP contribution is 2.22. The first-order chi connectivity index (χ1) is 15.1. The second kappa shape index (κ2) is 11.2. The topological polar surface area (TPSA) is 38.7 Å². The molecule has 0 fully saturated rings. The third kappa shape index (κ3) is 7.67.